The fraction of sp³-hybridized carbons (Fsp3) is 0.412. The highest BCUT2D eigenvalue weighted by molar-refractivity contribution is 6.31. The van der Waals surface area contributed by atoms with E-state index in [0.717, 1.165) is 34.2 Å². The van der Waals surface area contributed by atoms with Gasteiger partial charge in [0.15, 0.2) is 0 Å². The lowest BCUT2D eigenvalue weighted by Crippen LogP contribution is -2.24. The maximum Gasteiger partial charge on any atom is 0.134 e. The molecule has 1 aromatic carbocycles. The van der Waals surface area contributed by atoms with Crippen molar-refractivity contribution < 1.29 is 4.42 Å². The van der Waals surface area contributed by atoms with Gasteiger partial charge in [-0.2, -0.15) is 0 Å². The first-order chi connectivity index (χ1) is 9.72. The molecule has 0 aliphatic heterocycles. The number of hydrogen-bond donors (Lipinski definition) is 1. The van der Waals surface area contributed by atoms with E-state index in [0.29, 0.717) is 6.04 Å². The molecule has 2 aromatic rings. The molecule has 4 heteroatoms. The number of furan rings is 1. The quantitative estimate of drug-likeness (QED) is 0.818. The molecular weight excluding hydrogens is 305 g/mol. The van der Waals surface area contributed by atoms with Crippen molar-refractivity contribution in [3.05, 3.63) is 46.7 Å². The van der Waals surface area contributed by atoms with Crippen LogP contribution in [-0.4, -0.2) is 6.04 Å². The minimum atomic E-state index is 0. The van der Waals surface area contributed by atoms with Crippen molar-refractivity contribution in [2.45, 2.75) is 45.2 Å². The highest BCUT2D eigenvalue weighted by Gasteiger charge is 2.14. The standard InChI is InChI=1S/C17H20ClNO.ClH/c1-12-6-7-13(10-16(12)18)17-9-8-15(20-17)11-19-14-4-2-3-5-14;/h6-10,14,19H,2-5,11H2,1H3;1H. The first-order valence-corrected chi connectivity index (χ1v) is 7.69. The number of halogens is 2. The van der Waals surface area contributed by atoms with Crippen molar-refractivity contribution in [2.24, 2.45) is 0 Å². The molecule has 0 amide bonds. The first kappa shape index (κ1) is 16.4. The zero-order chi connectivity index (χ0) is 13.9. The van der Waals surface area contributed by atoms with Crippen molar-refractivity contribution >= 4 is 24.0 Å². The Morgan fingerprint density at radius 3 is 2.67 bits per heavy atom. The summed E-state index contributed by atoms with van der Waals surface area (Å²) < 4.78 is 5.90. The number of hydrogen-bond acceptors (Lipinski definition) is 2. The second-order valence-electron chi connectivity index (χ2n) is 5.59. The van der Waals surface area contributed by atoms with Crippen LogP contribution in [0.15, 0.2) is 34.7 Å². The number of aryl methyl sites for hydroxylation is 1. The van der Waals surface area contributed by atoms with Crippen LogP contribution in [0.25, 0.3) is 11.3 Å². The van der Waals surface area contributed by atoms with E-state index < -0.39 is 0 Å². The van der Waals surface area contributed by atoms with Crippen LogP contribution in [0.1, 0.15) is 37.0 Å². The number of nitrogens with one attached hydrogen (secondary N) is 1. The highest BCUT2D eigenvalue weighted by Crippen LogP contribution is 2.27. The minimum Gasteiger partial charge on any atom is -0.460 e. The van der Waals surface area contributed by atoms with Crippen LogP contribution >= 0.6 is 24.0 Å². The van der Waals surface area contributed by atoms with Gasteiger partial charge in [-0.15, -0.1) is 12.4 Å². The van der Waals surface area contributed by atoms with Gasteiger partial charge in [-0.25, -0.2) is 0 Å². The predicted octanol–water partition coefficient (Wildman–Crippen LogP) is 5.36. The lowest BCUT2D eigenvalue weighted by Gasteiger charge is -2.09. The molecule has 0 unspecified atom stereocenters. The third-order valence-corrected chi connectivity index (χ3v) is 4.45. The fourth-order valence-corrected chi connectivity index (χ4v) is 2.93. The Bertz CT molecular complexity index is 588. The molecule has 0 saturated heterocycles. The van der Waals surface area contributed by atoms with Crippen LogP contribution in [0, 0.1) is 6.92 Å². The van der Waals surface area contributed by atoms with Gasteiger partial charge in [0.05, 0.1) is 6.54 Å². The molecule has 21 heavy (non-hydrogen) atoms. The van der Waals surface area contributed by atoms with E-state index in [1.54, 1.807) is 0 Å². The molecule has 0 atom stereocenters. The fourth-order valence-electron chi connectivity index (χ4n) is 2.75. The molecule has 114 valence electrons. The van der Waals surface area contributed by atoms with Gasteiger partial charge in [0.25, 0.3) is 0 Å². The van der Waals surface area contributed by atoms with E-state index in [9.17, 15) is 0 Å². The van der Waals surface area contributed by atoms with Gasteiger partial charge in [0.1, 0.15) is 11.5 Å². The van der Waals surface area contributed by atoms with Crippen LogP contribution in [0.2, 0.25) is 5.02 Å². The Kier molecular flexibility index (Phi) is 5.74. The van der Waals surface area contributed by atoms with Crippen molar-refractivity contribution in [1.29, 1.82) is 0 Å². The van der Waals surface area contributed by atoms with Gasteiger partial charge < -0.3 is 9.73 Å². The molecule has 0 bridgehead atoms. The normalized spacial score (nSPS) is 15.1. The Hall–Kier alpha value is -0.960. The zero-order valence-corrected chi connectivity index (χ0v) is 13.8. The smallest absolute Gasteiger partial charge is 0.134 e. The second-order valence-corrected chi connectivity index (χ2v) is 6.00. The van der Waals surface area contributed by atoms with Gasteiger partial charge in [0.2, 0.25) is 0 Å². The van der Waals surface area contributed by atoms with Crippen molar-refractivity contribution in [1.82, 2.24) is 5.32 Å². The van der Waals surface area contributed by atoms with Crippen LogP contribution in [-0.2, 0) is 6.54 Å². The van der Waals surface area contributed by atoms with Crippen molar-refractivity contribution in [3.8, 4) is 11.3 Å². The molecule has 2 nitrogen and oxygen atoms in total. The van der Waals surface area contributed by atoms with Gasteiger partial charge in [-0.1, -0.05) is 36.6 Å². The minimum absolute atomic E-state index is 0. The van der Waals surface area contributed by atoms with Gasteiger partial charge in [0, 0.05) is 16.6 Å². The molecule has 0 spiro atoms. The average molecular weight is 326 g/mol. The average Bonchev–Trinajstić information content (AvgIpc) is 3.10. The van der Waals surface area contributed by atoms with Crippen LogP contribution < -0.4 is 5.32 Å². The Labute approximate surface area is 137 Å². The van der Waals surface area contributed by atoms with E-state index >= 15 is 0 Å². The molecule has 1 aliphatic carbocycles. The van der Waals surface area contributed by atoms with Gasteiger partial charge in [-0.3, -0.25) is 0 Å². The van der Waals surface area contributed by atoms with Gasteiger partial charge in [-0.05, 0) is 43.5 Å². The number of rotatable bonds is 4. The summed E-state index contributed by atoms with van der Waals surface area (Å²) in [7, 11) is 0. The predicted molar refractivity (Wildman–Crippen MR) is 90.2 cm³/mol. The zero-order valence-electron chi connectivity index (χ0n) is 12.2. The van der Waals surface area contributed by atoms with E-state index in [-0.39, 0.29) is 12.4 Å². The summed E-state index contributed by atoms with van der Waals surface area (Å²) in [6.45, 7) is 2.81. The van der Waals surface area contributed by atoms with Crippen molar-refractivity contribution in [3.63, 3.8) is 0 Å². The van der Waals surface area contributed by atoms with Crippen LogP contribution in [0.4, 0.5) is 0 Å². The summed E-state index contributed by atoms with van der Waals surface area (Å²) in [5.74, 6) is 1.87. The monoisotopic (exact) mass is 325 g/mol. The molecule has 1 fully saturated rings. The summed E-state index contributed by atoms with van der Waals surface area (Å²) in [5, 5.41) is 4.35. The topological polar surface area (TPSA) is 25.2 Å². The second kappa shape index (κ2) is 7.35. The summed E-state index contributed by atoms with van der Waals surface area (Å²) in [5.41, 5.74) is 2.12. The van der Waals surface area contributed by atoms with Crippen LogP contribution in [0.5, 0.6) is 0 Å². The molecule has 1 aliphatic rings. The van der Waals surface area contributed by atoms with Crippen molar-refractivity contribution in [2.75, 3.05) is 0 Å². The Morgan fingerprint density at radius 1 is 1.19 bits per heavy atom. The van der Waals surface area contributed by atoms with Crippen LogP contribution in [0.3, 0.4) is 0 Å². The molecule has 1 N–H and O–H groups in total. The number of benzene rings is 1. The summed E-state index contributed by atoms with van der Waals surface area (Å²) in [6.07, 6.45) is 5.29. The third kappa shape index (κ3) is 4.03. The molecular formula is C17H21Cl2NO. The molecule has 0 radical (unpaired) electrons. The summed E-state index contributed by atoms with van der Waals surface area (Å²) in [4.78, 5) is 0. The first-order valence-electron chi connectivity index (χ1n) is 7.31. The van der Waals surface area contributed by atoms with Gasteiger partial charge >= 0.3 is 0 Å². The lowest BCUT2D eigenvalue weighted by atomic mass is 10.1. The summed E-state index contributed by atoms with van der Waals surface area (Å²) in [6, 6.07) is 10.8. The Morgan fingerprint density at radius 2 is 1.95 bits per heavy atom. The summed E-state index contributed by atoms with van der Waals surface area (Å²) >= 11 is 6.16. The van der Waals surface area contributed by atoms with E-state index in [4.69, 9.17) is 16.0 Å². The van der Waals surface area contributed by atoms with E-state index in [2.05, 4.69) is 5.32 Å². The molecule has 1 saturated carbocycles. The lowest BCUT2D eigenvalue weighted by molar-refractivity contribution is 0.452. The molecule has 1 heterocycles. The largest absolute Gasteiger partial charge is 0.460 e. The van der Waals surface area contributed by atoms with E-state index in [1.165, 1.54) is 25.7 Å². The maximum absolute atomic E-state index is 6.16. The van der Waals surface area contributed by atoms with E-state index in [1.807, 2.05) is 37.3 Å². The SMILES string of the molecule is Cc1ccc(-c2ccc(CNC3CCCC3)o2)cc1Cl.Cl. The highest BCUT2D eigenvalue weighted by atomic mass is 35.5. The molecule has 1 aromatic heterocycles. The molecule has 3 rings (SSSR count). The maximum atomic E-state index is 6.16. The Balaban J connectivity index is 0.00000161. The third-order valence-electron chi connectivity index (χ3n) is 4.04.